The summed E-state index contributed by atoms with van der Waals surface area (Å²) >= 11 is 0. The van der Waals surface area contributed by atoms with E-state index in [1.54, 1.807) is 0 Å². The van der Waals surface area contributed by atoms with Crippen molar-refractivity contribution in [3.8, 4) is 0 Å². The van der Waals surface area contributed by atoms with Crippen molar-refractivity contribution < 1.29 is 9.47 Å². The van der Waals surface area contributed by atoms with Crippen LogP contribution in [0.1, 0.15) is 25.5 Å². The van der Waals surface area contributed by atoms with E-state index in [2.05, 4.69) is 39.9 Å². The summed E-state index contributed by atoms with van der Waals surface area (Å²) in [6.07, 6.45) is 1.75. The predicted molar refractivity (Wildman–Crippen MR) is 102 cm³/mol. The average molecular weight is 354 g/mol. The number of piperidine rings is 1. The number of rotatable bonds is 4. The Morgan fingerprint density at radius 2 is 1.77 bits per heavy atom. The van der Waals surface area contributed by atoms with Crippen LogP contribution in [0.2, 0.25) is 0 Å². The molecule has 0 radical (unpaired) electrons. The first-order valence-corrected chi connectivity index (χ1v) is 9.40. The van der Waals surface area contributed by atoms with Gasteiger partial charge in [-0.15, -0.1) is 0 Å². The summed E-state index contributed by atoms with van der Waals surface area (Å²) in [6.45, 7) is 8.15. The van der Waals surface area contributed by atoms with Gasteiger partial charge in [-0.25, -0.2) is 4.98 Å². The lowest BCUT2D eigenvalue weighted by Crippen LogP contribution is -2.45. The minimum Gasteiger partial charge on any atom is -0.356 e. The van der Waals surface area contributed by atoms with E-state index < -0.39 is 0 Å². The third-order valence-corrected chi connectivity index (χ3v) is 5.12. The molecule has 2 aliphatic rings. The summed E-state index contributed by atoms with van der Waals surface area (Å²) in [7, 11) is 0. The van der Waals surface area contributed by atoms with Gasteiger partial charge in [-0.3, -0.25) is 0 Å². The number of aromatic nitrogens is 2. The molecule has 1 aromatic heterocycles. The zero-order valence-electron chi connectivity index (χ0n) is 15.5. The highest BCUT2D eigenvalue weighted by Crippen LogP contribution is 2.33. The molecule has 1 spiro atoms. The fourth-order valence-corrected chi connectivity index (χ4v) is 3.73. The van der Waals surface area contributed by atoms with Gasteiger partial charge in [-0.05, 0) is 26.0 Å². The largest absolute Gasteiger partial charge is 0.356 e. The van der Waals surface area contributed by atoms with Crippen LogP contribution in [0.4, 0.5) is 17.5 Å². The van der Waals surface area contributed by atoms with E-state index in [9.17, 15) is 0 Å². The van der Waals surface area contributed by atoms with Crippen molar-refractivity contribution >= 4 is 17.5 Å². The molecule has 0 atom stereocenters. The van der Waals surface area contributed by atoms with Gasteiger partial charge >= 0.3 is 0 Å². The van der Waals surface area contributed by atoms with E-state index in [-0.39, 0.29) is 5.79 Å². The van der Waals surface area contributed by atoms with Gasteiger partial charge in [-0.2, -0.15) is 4.98 Å². The first kappa shape index (κ1) is 17.2. The first-order chi connectivity index (χ1) is 12.7. The topological polar surface area (TPSA) is 50.7 Å². The molecular weight excluding hydrogens is 328 g/mol. The maximum Gasteiger partial charge on any atom is 0.232 e. The van der Waals surface area contributed by atoms with Crippen LogP contribution in [0.5, 0.6) is 0 Å². The molecule has 0 N–H and O–H groups in total. The summed E-state index contributed by atoms with van der Waals surface area (Å²) in [5.74, 6) is 1.37. The molecule has 0 unspecified atom stereocenters. The van der Waals surface area contributed by atoms with Crippen molar-refractivity contribution in [1.29, 1.82) is 0 Å². The lowest BCUT2D eigenvalue weighted by atomic mass is 10.0. The molecule has 2 aromatic rings. The minimum atomic E-state index is -0.360. The molecule has 0 saturated carbocycles. The van der Waals surface area contributed by atoms with Gasteiger partial charge in [0.05, 0.1) is 13.2 Å². The molecule has 2 saturated heterocycles. The van der Waals surface area contributed by atoms with Crippen molar-refractivity contribution in [3.63, 3.8) is 0 Å². The number of para-hydroxylation sites is 1. The Labute approximate surface area is 154 Å². The Bertz CT molecular complexity index is 737. The second-order valence-corrected chi connectivity index (χ2v) is 6.84. The Balaban J connectivity index is 1.56. The van der Waals surface area contributed by atoms with E-state index in [1.807, 2.05) is 25.1 Å². The summed E-state index contributed by atoms with van der Waals surface area (Å²) in [4.78, 5) is 14.0. The van der Waals surface area contributed by atoms with Crippen molar-refractivity contribution in [2.75, 3.05) is 42.6 Å². The molecule has 6 heteroatoms. The highest BCUT2D eigenvalue weighted by atomic mass is 16.7. The van der Waals surface area contributed by atoms with Gasteiger partial charge in [0, 0.05) is 49.9 Å². The fourth-order valence-electron chi connectivity index (χ4n) is 3.73. The molecule has 4 rings (SSSR count). The third-order valence-electron chi connectivity index (χ3n) is 5.12. The minimum absolute atomic E-state index is 0.360. The SMILES string of the molecule is CCN(c1ccccc1)c1nc(C)cc(N2CCC3(CC2)OCCO3)n1. The molecule has 2 fully saturated rings. The molecule has 0 aliphatic carbocycles. The second-order valence-electron chi connectivity index (χ2n) is 6.84. The van der Waals surface area contributed by atoms with Crippen LogP contribution in [0, 0.1) is 6.92 Å². The van der Waals surface area contributed by atoms with Crippen LogP contribution in [-0.2, 0) is 9.47 Å². The van der Waals surface area contributed by atoms with Gasteiger partial charge in [0.15, 0.2) is 5.79 Å². The maximum absolute atomic E-state index is 5.84. The summed E-state index contributed by atoms with van der Waals surface area (Å²) in [6, 6.07) is 12.4. The Kier molecular flexibility index (Phi) is 4.78. The lowest BCUT2D eigenvalue weighted by molar-refractivity contribution is -0.169. The number of nitrogens with zero attached hydrogens (tertiary/aromatic N) is 4. The molecule has 26 heavy (non-hydrogen) atoms. The number of benzene rings is 1. The second kappa shape index (κ2) is 7.21. The van der Waals surface area contributed by atoms with Gasteiger partial charge in [0.1, 0.15) is 5.82 Å². The van der Waals surface area contributed by atoms with Crippen LogP contribution < -0.4 is 9.80 Å². The zero-order chi connectivity index (χ0) is 18.0. The summed E-state index contributed by atoms with van der Waals surface area (Å²) in [5.41, 5.74) is 2.09. The summed E-state index contributed by atoms with van der Waals surface area (Å²) in [5, 5.41) is 0. The molecule has 2 aliphatic heterocycles. The molecule has 6 nitrogen and oxygen atoms in total. The highest BCUT2D eigenvalue weighted by molar-refractivity contribution is 5.59. The quantitative estimate of drug-likeness (QED) is 0.840. The van der Waals surface area contributed by atoms with Crippen molar-refractivity contribution in [2.45, 2.75) is 32.5 Å². The Hall–Kier alpha value is -2.18. The normalized spacial score (nSPS) is 19.1. The van der Waals surface area contributed by atoms with Gasteiger partial charge < -0.3 is 19.3 Å². The van der Waals surface area contributed by atoms with Crippen molar-refractivity contribution in [1.82, 2.24) is 9.97 Å². The van der Waals surface area contributed by atoms with Crippen molar-refractivity contribution in [3.05, 3.63) is 42.1 Å². The van der Waals surface area contributed by atoms with Crippen molar-refractivity contribution in [2.24, 2.45) is 0 Å². The molecule has 138 valence electrons. The van der Waals surface area contributed by atoms with E-state index in [4.69, 9.17) is 14.5 Å². The molecule has 1 aromatic carbocycles. The van der Waals surface area contributed by atoms with E-state index in [0.717, 1.165) is 55.6 Å². The van der Waals surface area contributed by atoms with Gasteiger partial charge in [0.25, 0.3) is 0 Å². The number of ether oxygens (including phenoxy) is 2. The Morgan fingerprint density at radius 3 is 2.42 bits per heavy atom. The number of hydrogen-bond acceptors (Lipinski definition) is 6. The number of anilines is 3. The molecule has 0 bridgehead atoms. The van der Waals surface area contributed by atoms with E-state index in [0.29, 0.717) is 13.2 Å². The van der Waals surface area contributed by atoms with Crippen LogP contribution >= 0.6 is 0 Å². The molecule has 3 heterocycles. The van der Waals surface area contributed by atoms with Crippen LogP contribution in [0.15, 0.2) is 36.4 Å². The lowest BCUT2D eigenvalue weighted by Gasteiger charge is -2.38. The number of aryl methyl sites for hydroxylation is 1. The Morgan fingerprint density at radius 1 is 1.08 bits per heavy atom. The highest BCUT2D eigenvalue weighted by Gasteiger charge is 2.40. The fraction of sp³-hybridized carbons (Fsp3) is 0.500. The van der Waals surface area contributed by atoms with Crippen LogP contribution in [0.25, 0.3) is 0 Å². The number of hydrogen-bond donors (Lipinski definition) is 0. The first-order valence-electron chi connectivity index (χ1n) is 9.40. The molecular formula is C20H26N4O2. The summed E-state index contributed by atoms with van der Waals surface area (Å²) < 4.78 is 11.7. The van der Waals surface area contributed by atoms with E-state index in [1.165, 1.54) is 0 Å². The standard InChI is InChI=1S/C20H26N4O2/c1-3-24(17-7-5-4-6-8-17)19-21-16(2)15-18(22-19)23-11-9-20(10-12-23)25-13-14-26-20/h4-8,15H,3,9-14H2,1-2H3. The zero-order valence-corrected chi connectivity index (χ0v) is 15.5. The predicted octanol–water partition coefficient (Wildman–Crippen LogP) is 3.29. The smallest absolute Gasteiger partial charge is 0.232 e. The van der Waals surface area contributed by atoms with Crippen LogP contribution in [0.3, 0.4) is 0 Å². The maximum atomic E-state index is 5.84. The third kappa shape index (κ3) is 3.39. The average Bonchev–Trinajstić information content (AvgIpc) is 3.11. The van der Waals surface area contributed by atoms with Gasteiger partial charge in [0.2, 0.25) is 5.95 Å². The van der Waals surface area contributed by atoms with E-state index >= 15 is 0 Å². The monoisotopic (exact) mass is 354 g/mol. The van der Waals surface area contributed by atoms with Gasteiger partial charge in [-0.1, -0.05) is 18.2 Å². The molecule has 0 amide bonds. The van der Waals surface area contributed by atoms with Crippen LogP contribution in [-0.4, -0.2) is 48.6 Å².